The number of amides is 3. The number of urea groups is 1. The molecule has 2 atom stereocenters. The third kappa shape index (κ3) is 2.23. The molecule has 1 aromatic carbocycles. The van der Waals surface area contributed by atoms with Gasteiger partial charge in [-0.15, -0.1) is 0 Å². The summed E-state index contributed by atoms with van der Waals surface area (Å²) in [6, 6.07) is 5.51. The molecule has 3 aliphatic heterocycles. The average Bonchev–Trinajstić information content (AvgIpc) is 3.13. The molecular weight excluding hydrogens is 342 g/mol. The van der Waals surface area contributed by atoms with Gasteiger partial charge in [-0.2, -0.15) is 0 Å². The van der Waals surface area contributed by atoms with E-state index in [1.54, 1.807) is 11.9 Å². The topological polar surface area (TPSA) is 59.5 Å². The van der Waals surface area contributed by atoms with E-state index >= 15 is 0 Å². The molecule has 0 bridgehead atoms. The van der Waals surface area contributed by atoms with Crippen molar-refractivity contribution in [3.63, 3.8) is 0 Å². The number of aliphatic imine (C=N–C) groups is 1. The zero-order valence-electron chi connectivity index (χ0n) is 16.6. The summed E-state index contributed by atoms with van der Waals surface area (Å²) < 4.78 is 0. The Morgan fingerprint density at radius 2 is 1.74 bits per heavy atom. The van der Waals surface area contributed by atoms with Gasteiger partial charge in [-0.1, -0.05) is 6.07 Å². The number of imide groups is 1. The predicted molar refractivity (Wildman–Crippen MR) is 104 cm³/mol. The number of benzene rings is 1. The van der Waals surface area contributed by atoms with Crippen molar-refractivity contribution in [3.8, 4) is 0 Å². The molecular formula is C20H25N5O2. The van der Waals surface area contributed by atoms with Gasteiger partial charge in [0.15, 0.2) is 12.2 Å². The molecule has 27 heavy (non-hydrogen) atoms. The highest BCUT2D eigenvalue weighted by atomic mass is 16.2. The highest BCUT2D eigenvalue weighted by molar-refractivity contribution is 6.10. The first kappa shape index (κ1) is 17.6. The molecule has 0 radical (unpaired) electrons. The normalized spacial score (nSPS) is 24.7. The van der Waals surface area contributed by atoms with Crippen LogP contribution >= 0.6 is 0 Å². The number of likely N-dealkylation sites (N-methyl/N-ethyl adjacent to an activating group) is 2. The van der Waals surface area contributed by atoms with Gasteiger partial charge in [-0.05, 0) is 57.9 Å². The van der Waals surface area contributed by atoms with E-state index in [1.165, 1.54) is 16.0 Å². The minimum atomic E-state index is -0.505. The van der Waals surface area contributed by atoms with Gasteiger partial charge < -0.3 is 4.90 Å². The lowest BCUT2D eigenvalue weighted by Crippen LogP contribution is -2.64. The second kappa shape index (κ2) is 5.84. The number of rotatable bonds is 2. The predicted octanol–water partition coefficient (Wildman–Crippen LogP) is 2.66. The van der Waals surface area contributed by atoms with Crippen molar-refractivity contribution in [1.29, 1.82) is 0 Å². The van der Waals surface area contributed by atoms with Gasteiger partial charge in [-0.3, -0.25) is 19.5 Å². The molecule has 1 saturated heterocycles. The maximum absolute atomic E-state index is 13.1. The van der Waals surface area contributed by atoms with Crippen molar-refractivity contribution < 1.29 is 9.59 Å². The van der Waals surface area contributed by atoms with Crippen LogP contribution in [-0.4, -0.2) is 58.4 Å². The van der Waals surface area contributed by atoms with Crippen molar-refractivity contribution in [3.05, 3.63) is 40.7 Å². The largest absolute Gasteiger partial charge is 0.328 e. The van der Waals surface area contributed by atoms with Crippen LogP contribution in [0.4, 0.5) is 10.5 Å². The van der Waals surface area contributed by atoms with Gasteiger partial charge >= 0.3 is 6.03 Å². The van der Waals surface area contributed by atoms with Crippen LogP contribution in [0.3, 0.4) is 0 Å². The summed E-state index contributed by atoms with van der Waals surface area (Å²) in [6.07, 6.45) is -0.500. The molecule has 3 heterocycles. The second-order valence-corrected chi connectivity index (χ2v) is 7.41. The fraction of sp³-hybridized carbons (Fsp3) is 0.450. The standard InChI is InChI=1S/C20H25N5O2/c1-7-23-18(26)16-17(22(6)20(23)27)21-19-24(13(4)14(5)25(16)19)15-9-8-11(2)12(3)10-15/h8-10,16-17H,7H2,1-6H3. The van der Waals surface area contributed by atoms with Gasteiger partial charge in [0.1, 0.15) is 0 Å². The Bertz CT molecular complexity index is 919. The van der Waals surface area contributed by atoms with Crippen LogP contribution in [0.25, 0.3) is 0 Å². The van der Waals surface area contributed by atoms with E-state index in [-0.39, 0.29) is 11.9 Å². The minimum Gasteiger partial charge on any atom is -0.302 e. The van der Waals surface area contributed by atoms with E-state index < -0.39 is 12.2 Å². The Morgan fingerprint density at radius 1 is 1.04 bits per heavy atom. The van der Waals surface area contributed by atoms with E-state index in [0.717, 1.165) is 17.1 Å². The zero-order valence-corrected chi connectivity index (χ0v) is 16.6. The van der Waals surface area contributed by atoms with Crippen molar-refractivity contribution in [2.75, 3.05) is 18.5 Å². The molecule has 2 unspecified atom stereocenters. The molecule has 0 spiro atoms. The Hall–Kier alpha value is -2.83. The van der Waals surface area contributed by atoms with Crippen molar-refractivity contribution in [1.82, 2.24) is 14.7 Å². The maximum atomic E-state index is 13.1. The summed E-state index contributed by atoms with van der Waals surface area (Å²) in [5, 5.41) is 0. The number of carbonyl (C=O) groups excluding carboxylic acids is 2. The summed E-state index contributed by atoms with van der Waals surface area (Å²) in [4.78, 5) is 37.3. The highest BCUT2D eigenvalue weighted by Gasteiger charge is 2.55. The summed E-state index contributed by atoms with van der Waals surface area (Å²) in [5.41, 5.74) is 5.49. The lowest BCUT2D eigenvalue weighted by atomic mass is 10.1. The molecule has 1 fully saturated rings. The minimum absolute atomic E-state index is 0.182. The molecule has 0 aliphatic carbocycles. The molecule has 0 aromatic heterocycles. The van der Waals surface area contributed by atoms with Gasteiger partial charge in [-0.25, -0.2) is 9.79 Å². The first-order chi connectivity index (χ1) is 12.8. The monoisotopic (exact) mass is 367 g/mol. The molecule has 0 saturated carbocycles. The number of hydrogen-bond acceptors (Lipinski definition) is 5. The zero-order chi connectivity index (χ0) is 19.6. The van der Waals surface area contributed by atoms with Crippen LogP contribution in [0.15, 0.2) is 34.6 Å². The van der Waals surface area contributed by atoms with Crippen LogP contribution < -0.4 is 4.90 Å². The quantitative estimate of drug-likeness (QED) is 0.806. The Morgan fingerprint density at radius 3 is 2.37 bits per heavy atom. The fourth-order valence-corrected chi connectivity index (χ4v) is 4.08. The van der Waals surface area contributed by atoms with E-state index in [0.29, 0.717) is 12.5 Å². The highest BCUT2D eigenvalue weighted by Crippen LogP contribution is 2.40. The first-order valence-electron chi connectivity index (χ1n) is 9.28. The lowest BCUT2D eigenvalue weighted by molar-refractivity contribution is -0.136. The molecule has 7 nitrogen and oxygen atoms in total. The lowest BCUT2D eigenvalue weighted by Gasteiger charge is -2.40. The van der Waals surface area contributed by atoms with E-state index in [2.05, 4.69) is 36.9 Å². The Kier molecular flexibility index (Phi) is 3.80. The number of aryl methyl sites for hydroxylation is 2. The van der Waals surface area contributed by atoms with Gasteiger partial charge in [0.05, 0.1) is 0 Å². The molecule has 1 aromatic rings. The van der Waals surface area contributed by atoms with Crippen LogP contribution in [0.2, 0.25) is 0 Å². The van der Waals surface area contributed by atoms with Crippen LogP contribution in [0, 0.1) is 13.8 Å². The number of carbonyl (C=O) groups is 2. The van der Waals surface area contributed by atoms with E-state index in [9.17, 15) is 9.59 Å². The van der Waals surface area contributed by atoms with Gasteiger partial charge in [0.2, 0.25) is 5.96 Å². The van der Waals surface area contributed by atoms with Crippen LogP contribution in [0.5, 0.6) is 0 Å². The fourth-order valence-electron chi connectivity index (χ4n) is 4.08. The van der Waals surface area contributed by atoms with E-state index in [1.807, 2.05) is 25.7 Å². The van der Waals surface area contributed by atoms with Crippen molar-refractivity contribution in [2.45, 2.75) is 46.8 Å². The Labute approximate surface area is 159 Å². The summed E-state index contributed by atoms with van der Waals surface area (Å²) in [7, 11) is 1.72. The number of nitrogens with zero attached hydrogens (tertiary/aromatic N) is 5. The molecule has 4 rings (SSSR count). The number of guanidine groups is 1. The van der Waals surface area contributed by atoms with Crippen molar-refractivity contribution in [2.24, 2.45) is 4.99 Å². The average molecular weight is 367 g/mol. The molecule has 142 valence electrons. The third-order valence-electron chi connectivity index (χ3n) is 5.96. The molecule has 0 N–H and O–H groups in total. The summed E-state index contributed by atoms with van der Waals surface area (Å²) in [5.74, 6) is 0.535. The van der Waals surface area contributed by atoms with Crippen molar-refractivity contribution >= 4 is 23.6 Å². The molecule has 7 heteroatoms. The van der Waals surface area contributed by atoms with Gasteiger partial charge in [0.25, 0.3) is 5.91 Å². The SMILES string of the molecule is CCN1C(=O)C2C(N=C3N(c4ccc(C)c(C)c4)C(C)=C(C)N32)N(C)C1=O. The summed E-state index contributed by atoms with van der Waals surface area (Å²) >= 11 is 0. The second-order valence-electron chi connectivity index (χ2n) is 7.41. The maximum Gasteiger partial charge on any atom is 0.328 e. The first-order valence-corrected chi connectivity index (χ1v) is 9.28. The summed E-state index contributed by atoms with van der Waals surface area (Å²) in [6.45, 7) is 10.4. The van der Waals surface area contributed by atoms with Crippen LogP contribution in [-0.2, 0) is 4.79 Å². The number of anilines is 1. The van der Waals surface area contributed by atoms with Crippen LogP contribution in [0.1, 0.15) is 31.9 Å². The smallest absolute Gasteiger partial charge is 0.302 e. The molecule has 3 aliphatic rings. The molecule has 3 amide bonds. The number of fused-ring (bicyclic) bond motifs is 3. The third-order valence-corrected chi connectivity index (χ3v) is 5.96. The van der Waals surface area contributed by atoms with E-state index in [4.69, 9.17) is 4.99 Å². The van der Waals surface area contributed by atoms with Gasteiger partial charge in [0, 0.05) is 30.7 Å². The number of hydrogen-bond donors (Lipinski definition) is 0. The Balaban J connectivity index is 1.81. The number of allylic oxidation sites excluding steroid dienone is 2.